The summed E-state index contributed by atoms with van der Waals surface area (Å²) < 4.78 is 26.0. The van der Waals surface area contributed by atoms with E-state index in [9.17, 15) is 18.0 Å². The van der Waals surface area contributed by atoms with E-state index in [1.165, 1.54) is 38.2 Å². The van der Waals surface area contributed by atoms with Gasteiger partial charge in [0.2, 0.25) is 21.8 Å². The lowest BCUT2D eigenvalue weighted by Crippen LogP contribution is -2.43. The summed E-state index contributed by atoms with van der Waals surface area (Å²) in [4.78, 5) is 23.0. The zero-order valence-corrected chi connectivity index (χ0v) is 15.2. The monoisotopic (exact) mass is 368 g/mol. The van der Waals surface area contributed by atoms with E-state index in [-0.39, 0.29) is 23.4 Å². The van der Waals surface area contributed by atoms with Crippen molar-refractivity contribution in [2.24, 2.45) is 11.7 Å². The second kappa shape index (κ2) is 7.94. The first-order chi connectivity index (χ1) is 11.7. The third-order valence-corrected chi connectivity index (χ3v) is 5.83. The number of likely N-dealkylation sites (N-methyl/N-ethyl adjacent to an activating group) is 1. The molecule has 1 aromatic carbocycles. The second-order valence-corrected chi connectivity index (χ2v) is 8.32. The summed E-state index contributed by atoms with van der Waals surface area (Å²) in [5.41, 5.74) is 6.41. The topological polar surface area (TPSA) is 122 Å². The molecule has 0 spiro atoms. The molecule has 9 heteroatoms. The van der Waals surface area contributed by atoms with Crippen molar-refractivity contribution in [2.75, 3.05) is 25.5 Å². The number of nitrogens with one attached hydrogen (secondary N) is 2. The van der Waals surface area contributed by atoms with Crippen molar-refractivity contribution in [2.45, 2.75) is 30.7 Å². The van der Waals surface area contributed by atoms with E-state index >= 15 is 0 Å². The number of hydrogen-bond donors (Lipinski definition) is 3. The third kappa shape index (κ3) is 5.52. The molecule has 0 saturated heterocycles. The van der Waals surface area contributed by atoms with Crippen LogP contribution >= 0.6 is 0 Å². The molecule has 0 aromatic heterocycles. The van der Waals surface area contributed by atoms with Crippen molar-refractivity contribution in [3.8, 4) is 0 Å². The summed E-state index contributed by atoms with van der Waals surface area (Å²) in [6, 6.07) is 5.69. The number of carbonyl (C=O) groups excluding carboxylic acids is 2. The number of amides is 2. The van der Waals surface area contributed by atoms with Gasteiger partial charge < -0.3 is 16.4 Å². The van der Waals surface area contributed by atoms with Crippen LogP contribution in [0.1, 0.15) is 19.8 Å². The molecule has 0 aliphatic heterocycles. The summed E-state index contributed by atoms with van der Waals surface area (Å²) in [7, 11) is -2.45. The summed E-state index contributed by atoms with van der Waals surface area (Å²) >= 11 is 0. The zero-order chi connectivity index (χ0) is 18.6. The molecule has 1 unspecified atom stereocenters. The summed E-state index contributed by atoms with van der Waals surface area (Å²) in [5, 5.41) is 5.23. The van der Waals surface area contributed by atoms with Gasteiger partial charge in [-0.2, -0.15) is 4.31 Å². The Labute approximate surface area is 147 Å². The Kier molecular flexibility index (Phi) is 6.15. The molecular formula is C16H24N4O4S. The Balaban J connectivity index is 1.92. The lowest BCUT2D eigenvalue weighted by atomic mass is 10.2. The number of nitrogens with zero attached hydrogens (tertiary/aromatic N) is 1. The molecule has 4 N–H and O–H groups in total. The third-order valence-electron chi connectivity index (χ3n) is 4.01. The van der Waals surface area contributed by atoms with Gasteiger partial charge in [-0.15, -0.1) is 0 Å². The predicted octanol–water partition coefficient (Wildman–Crippen LogP) is 0.119. The summed E-state index contributed by atoms with van der Waals surface area (Å²) in [5.74, 6) is -0.172. The van der Waals surface area contributed by atoms with E-state index in [2.05, 4.69) is 10.6 Å². The maximum atomic E-state index is 12.5. The molecule has 0 radical (unpaired) electrons. The van der Waals surface area contributed by atoms with Crippen LogP contribution in [-0.4, -0.2) is 50.7 Å². The van der Waals surface area contributed by atoms with E-state index in [0.717, 1.165) is 17.1 Å². The standard InChI is InChI=1S/C16H24N4O4S/c1-11(21)19-13-5-7-14(8-6-13)25(23,24)20(2)10-16(22)18-9-15(17)12-3-4-12/h5-8,12,15H,3-4,9-10,17H2,1-2H3,(H,18,22)(H,19,21). The van der Waals surface area contributed by atoms with Crippen molar-refractivity contribution in [1.82, 2.24) is 9.62 Å². The minimum absolute atomic E-state index is 0.0478. The molecule has 8 nitrogen and oxygen atoms in total. The highest BCUT2D eigenvalue weighted by atomic mass is 32.2. The van der Waals surface area contributed by atoms with Gasteiger partial charge in [-0.05, 0) is 43.0 Å². The zero-order valence-electron chi connectivity index (χ0n) is 14.4. The van der Waals surface area contributed by atoms with Gasteiger partial charge in [0.15, 0.2) is 0 Å². The quantitative estimate of drug-likeness (QED) is 0.602. The van der Waals surface area contributed by atoms with E-state index in [1.54, 1.807) is 0 Å². The molecule has 0 heterocycles. The highest BCUT2D eigenvalue weighted by Crippen LogP contribution is 2.31. The molecule has 1 saturated carbocycles. The van der Waals surface area contributed by atoms with Gasteiger partial charge in [-0.3, -0.25) is 9.59 Å². The molecule has 138 valence electrons. The Bertz CT molecular complexity index is 729. The maximum Gasteiger partial charge on any atom is 0.243 e. The van der Waals surface area contributed by atoms with Crippen LogP contribution in [0.15, 0.2) is 29.2 Å². The van der Waals surface area contributed by atoms with Gasteiger partial charge in [-0.1, -0.05) is 0 Å². The molecule has 25 heavy (non-hydrogen) atoms. The molecule has 2 rings (SSSR count). The summed E-state index contributed by atoms with van der Waals surface area (Å²) in [6.45, 7) is 1.43. The Morgan fingerprint density at radius 1 is 1.28 bits per heavy atom. The molecule has 1 fully saturated rings. The largest absolute Gasteiger partial charge is 0.353 e. The fraction of sp³-hybridized carbons (Fsp3) is 0.500. The lowest BCUT2D eigenvalue weighted by Gasteiger charge is -2.18. The van der Waals surface area contributed by atoms with Crippen molar-refractivity contribution in [3.05, 3.63) is 24.3 Å². The van der Waals surface area contributed by atoms with Crippen LogP contribution in [0.2, 0.25) is 0 Å². The normalized spacial score (nSPS) is 15.7. The first kappa shape index (κ1) is 19.4. The molecule has 1 atom stereocenters. The Morgan fingerprint density at radius 3 is 2.40 bits per heavy atom. The number of benzene rings is 1. The van der Waals surface area contributed by atoms with E-state index < -0.39 is 15.9 Å². The Morgan fingerprint density at radius 2 is 1.88 bits per heavy atom. The Hall–Kier alpha value is -1.97. The van der Waals surface area contributed by atoms with Gasteiger partial charge in [0.05, 0.1) is 11.4 Å². The van der Waals surface area contributed by atoms with Crippen LogP contribution in [0.3, 0.4) is 0 Å². The number of hydrogen-bond acceptors (Lipinski definition) is 5. The van der Waals surface area contributed by atoms with Crippen LogP contribution in [0.4, 0.5) is 5.69 Å². The van der Waals surface area contributed by atoms with Crippen molar-refractivity contribution in [3.63, 3.8) is 0 Å². The number of rotatable bonds is 8. The van der Waals surface area contributed by atoms with Crippen LogP contribution < -0.4 is 16.4 Å². The van der Waals surface area contributed by atoms with E-state index in [4.69, 9.17) is 5.73 Å². The molecular weight excluding hydrogens is 344 g/mol. The van der Waals surface area contributed by atoms with Crippen LogP contribution in [0, 0.1) is 5.92 Å². The minimum atomic E-state index is -3.79. The number of carbonyl (C=O) groups is 2. The van der Waals surface area contributed by atoms with Crippen LogP contribution in [-0.2, 0) is 19.6 Å². The number of sulfonamides is 1. The lowest BCUT2D eigenvalue weighted by molar-refractivity contribution is -0.121. The first-order valence-electron chi connectivity index (χ1n) is 8.06. The van der Waals surface area contributed by atoms with Crippen LogP contribution in [0.5, 0.6) is 0 Å². The highest BCUT2D eigenvalue weighted by Gasteiger charge is 2.29. The maximum absolute atomic E-state index is 12.5. The number of anilines is 1. The fourth-order valence-corrected chi connectivity index (χ4v) is 3.49. The van der Waals surface area contributed by atoms with Gasteiger partial charge in [0, 0.05) is 32.2 Å². The molecule has 0 bridgehead atoms. The molecule has 2 amide bonds. The number of nitrogens with two attached hydrogens (primary N) is 1. The van der Waals surface area contributed by atoms with E-state index in [0.29, 0.717) is 18.2 Å². The fourth-order valence-electron chi connectivity index (χ4n) is 2.36. The van der Waals surface area contributed by atoms with Crippen molar-refractivity contribution >= 4 is 27.5 Å². The van der Waals surface area contributed by atoms with E-state index in [1.807, 2.05) is 0 Å². The molecule has 1 aliphatic carbocycles. The SMILES string of the molecule is CC(=O)Nc1ccc(S(=O)(=O)N(C)CC(=O)NCC(N)C2CC2)cc1. The summed E-state index contributed by atoms with van der Waals surface area (Å²) in [6.07, 6.45) is 2.17. The second-order valence-electron chi connectivity index (χ2n) is 6.27. The highest BCUT2D eigenvalue weighted by molar-refractivity contribution is 7.89. The average Bonchev–Trinajstić information content (AvgIpc) is 3.37. The van der Waals surface area contributed by atoms with Gasteiger partial charge in [0.25, 0.3) is 0 Å². The van der Waals surface area contributed by atoms with Crippen LogP contribution in [0.25, 0.3) is 0 Å². The average molecular weight is 368 g/mol. The minimum Gasteiger partial charge on any atom is -0.353 e. The van der Waals surface area contributed by atoms with Gasteiger partial charge in [-0.25, -0.2) is 8.42 Å². The molecule has 1 aromatic rings. The molecule has 1 aliphatic rings. The van der Waals surface area contributed by atoms with Crippen molar-refractivity contribution < 1.29 is 18.0 Å². The first-order valence-corrected chi connectivity index (χ1v) is 9.50. The van der Waals surface area contributed by atoms with Gasteiger partial charge >= 0.3 is 0 Å². The van der Waals surface area contributed by atoms with Gasteiger partial charge in [0.1, 0.15) is 0 Å². The smallest absolute Gasteiger partial charge is 0.243 e. The van der Waals surface area contributed by atoms with Crippen molar-refractivity contribution in [1.29, 1.82) is 0 Å². The predicted molar refractivity (Wildman–Crippen MR) is 94.3 cm³/mol.